The van der Waals surface area contributed by atoms with Crippen LogP contribution in [0.1, 0.15) is 25.3 Å². The molecule has 0 spiro atoms. The van der Waals surface area contributed by atoms with Crippen molar-refractivity contribution in [3.05, 3.63) is 29.8 Å². The standard InChI is InChI=1S/C17H24N4O5/c1-11(25-2)9-17(19,15(23)14(18)7-8-22)16(24)26-13-5-3-12(4-6-13)10-21-20/h3-6,8,10-11,14H,7,9,18-20H2,1-2H3. The number of esters is 1. The lowest BCUT2D eigenvalue weighted by Crippen LogP contribution is -2.63. The second-order valence-electron chi connectivity index (χ2n) is 5.83. The molecule has 0 saturated heterocycles. The third-order valence-corrected chi connectivity index (χ3v) is 3.82. The Labute approximate surface area is 151 Å². The zero-order chi connectivity index (χ0) is 19.7. The van der Waals surface area contributed by atoms with Crippen LogP contribution in [0.15, 0.2) is 29.4 Å². The molecule has 142 valence electrons. The van der Waals surface area contributed by atoms with Gasteiger partial charge in [0.2, 0.25) is 0 Å². The third kappa shape index (κ3) is 5.45. The van der Waals surface area contributed by atoms with Gasteiger partial charge >= 0.3 is 5.97 Å². The van der Waals surface area contributed by atoms with E-state index in [1.807, 2.05) is 0 Å². The van der Waals surface area contributed by atoms with E-state index < -0.39 is 29.4 Å². The molecule has 3 atom stereocenters. The van der Waals surface area contributed by atoms with Crippen molar-refractivity contribution >= 4 is 24.3 Å². The summed E-state index contributed by atoms with van der Waals surface area (Å²) in [6.07, 6.45) is 1.00. The van der Waals surface area contributed by atoms with Crippen LogP contribution in [0.4, 0.5) is 0 Å². The van der Waals surface area contributed by atoms with Gasteiger partial charge in [-0.3, -0.25) is 4.79 Å². The monoisotopic (exact) mass is 364 g/mol. The Bertz CT molecular complexity index is 662. The van der Waals surface area contributed by atoms with Crippen molar-refractivity contribution in [1.29, 1.82) is 0 Å². The molecule has 0 aliphatic heterocycles. The van der Waals surface area contributed by atoms with Crippen LogP contribution < -0.4 is 22.0 Å². The summed E-state index contributed by atoms with van der Waals surface area (Å²) in [6, 6.07) is 5.04. The Balaban J connectivity index is 3.06. The first-order chi connectivity index (χ1) is 12.3. The Morgan fingerprint density at radius 1 is 1.31 bits per heavy atom. The second kappa shape index (κ2) is 9.76. The van der Waals surface area contributed by atoms with Crippen molar-refractivity contribution in [2.75, 3.05) is 7.11 Å². The minimum atomic E-state index is -2.05. The molecule has 0 aliphatic rings. The highest BCUT2D eigenvalue weighted by Gasteiger charge is 2.46. The lowest BCUT2D eigenvalue weighted by Gasteiger charge is -2.29. The molecular weight excluding hydrogens is 340 g/mol. The number of hydrogen-bond acceptors (Lipinski definition) is 9. The fourth-order valence-electron chi connectivity index (χ4n) is 2.27. The summed E-state index contributed by atoms with van der Waals surface area (Å²) >= 11 is 0. The van der Waals surface area contributed by atoms with E-state index in [2.05, 4.69) is 5.10 Å². The third-order valence-electron chi connectivity index (χ3n) is 3.82. The maximum absolute atomic E-state index is 12.6. The maximum atomic E-state index is 12.6. The number of hydrazone groups is 1. The molecule has 9 heteroatoms. The molecule has 0 fully saturated rings. The van der Waals surface area contributed by atoms with Gasteiger partial charge in [0, 0.05) is 20.0 Å². The van der Waals surface area contributed by atoms with Crippen LogP contribution >= 0.6 is 0 Å². The molecule has 3 unspecified atom stereocenters. The highest BCUT2D eigenvalue weighted by atomic mass is 16.5. The summed E-state index contributed by atoms with van der Waals surface area (Å²) in [6.45, 7) is 1.65. The topological polar surface area (TPSA) is 160 Å². The van der Waals surface area contributed by atoms with Gasteiger partial charge in [-0.05, 0) is 36.8 Å². The Morgan fingerprint density at radius 3 is 2.42 bits per heavy atom. The van der Waals surface area contributed by atoms with Gasteiger partial charge in [0.25, 0.3) is 0 Å². The molecule has 0 amide bonds. The molecule has 0 saturated carbocycles. The van der Waals surface area contributed by atoms with Crippen LogP contribution in [-0.2, 0) is 19.1 Å². The van der Waals surface area contributed by atoms with E-state index in [9.17, 15) is 14.4 Å². The number of carbonyl (C=O) groups is 3. The molecule has 1 rings (SSSR count). The minimum absolute atomic E-state index is 0.147. The molecular formula is C17H24N4O5. The zero-order valence-corrected chi connectivity index (χ0v) is 14.8. The number of aldehydes is 1. The van der Waals surface area contributed by atoms with Crippen LogP contribution in [0.3, 0.4) is 0 Å². The minimum Gasteiger partial charge on any atom is -0.425 e. The molecule has 0 radical (unpaired) electrons. The lowest BCUT2D eigenvalue weighted by molar-refractivity contribution is -0.148. The number of ketones is 1. The average molecular weight is 364 g/mol. The summed E-state index contributed by atoms with van der Waals surface area (Å²) in [5.74, 6) is 3.48. The van der Waals surface area contributed by atoms with Gasteiger partial charge in [-0.25, -0.2) is 4.79 Å². The first-order valence-corrected chi connectivity index (χ1v) is 7.89. The molecule has 0 aliphatic carbocycles. The number of methoxy groups -OCH3 is 1. The second-order valence-corrected chi connectivity index (χ2v) is 5.83. The van der Waals surface area contributed by atoms with Crippen molar-refractivity contribution < 1.29 is 23.9 Å². The molecule has 9 nitrogen and oxygen atoms in total. The Morgan fingerprint density at radius 2 is 1.92 bits per heavy atom. The van der Waals surface area contributed by atoms with Crippen LogP contribution in [0.25, 0.3) is 0 Å². The van der Waals surface area contributed by atoms with Crippen LogP contribution in [-0.4, -0.2) is 49.0 Å². The first kappa shape index (κ1) is 21.4. The smallest absolute Gasteiger partial charge is 0.339 e. The Hall–Kier alpha value is -2.62. The van der Waals surface area contributed by atoms with Crippen molar-refractivity contribution in [3.8, 4) is 5.75 Å². The Kier molecular flexibility index (Phi) is 8.04. The summed E-state index contributed by atoms with van der Waals surface area (Å²) in [5.41, 5.74) is 10.4. The van der Waals surface area contributed by atoms with Crippen LogP contribution in [0.5, 0.6) is 5.75 Å². The number of ether oxygens (including phenoxy) is 2. The van der Waals surface area contributed by atoms with Gasteiger partial charge < -0.3 is 31.6 Å². The lowest BCUT2D eigenvalue weighted by atomic mass is 9.84. The van der Waals surface area contributed by atoms with E-state index in [1.165, 1.54) is 25.5 Å². The molecule has 1 aromatic rings. The fourth-order valence-corrected chi connectivity index (χ4v) is 2.27. The molecule has 1 aromatic carbocycles. The van der Waals surface area contributed by atoms with Crippen LogP contribution in [0, 0.1) is 0 Å². The SMILES string of the molecule is COC(C)CC(N)(C(=O)Oc1ccc(C=NN)cc1)C(=O)C(N)CC=O. The highest BCUT2D eigenvalue weighted by molar-refractivity contribution is 6.11. The number of nitrogens with zero attached hydrogens (tertiary/aromatic N) is 1. The number of rotatable bonds is 10. The van der Waals surface area contributed by atoms with Gasteiger partial charge in [-0.1, -0.05) is 0 Å². The molecule has 0 aromatic heterocycles. The van der Waals surface area contributed by atoms with E-state index in [-0.39, 0.29) is 18.6 Å². The van der Waals surface area contributed by atoms with Gasteiger partial charge in [0.1, 0.15) is 12.0 Å². The quantitative estimate of drug-likeness (QED) is 0.0951. The predicted octanol–water partition coefficient (Wildman–Crippen LogP) is -0.507. The van der Waals surface area contributed by atoms with Crippen molar-refractivity contribution in [2.45, 2.75) is 37.5 Å². The average Bonchev–Trinajstić information content (AvgIpc) is 2.62. The molecule has 0 heterocycles. The van der Waals surface area contributed by atoms with E-state index >= 15 is 0 Å². The number of Topliss-reactive ketones (excluding diaryl/α,β-unsaturated/α-hetero) is 1. The van der Waals surface area contributed by atoms with Crippen molar-refractivity contribution in [2.24, 2.45) is 22.4 Å². The largest absolute Gasteiger partial charge is 0.425 e. The summed E-state index contributed by atoms with van der Waals surface area (Å²) in [7, 11) is 1.42. The van der Waals surface area contributed by atoms with E-state index in [0.717, 1.165) is 0 Å². The first-order valence-electron chi connectivity index (χ1n) is 7.89. The summed E-state index contributed by atoms with van der Waals surface area (Å²) < 4.78 is 10.3. The van der Waals surface area contributed by atoms with Gasteiger partial charge in [-0.2, -0.15) is 5.10 Å². The van der Waals surface area contributed by atoms with Crippen LogP contribution in [0.2, 0.25) is 0 Å². The molecule has 0 bridgehead atoms. The van der Waals surface area contributed by atoms with Gasteiger partial charge in [0.05, 0.1) is 18.4 Å². The van der Waals surface area contributed by atoms with E-state index in [1.54, 1.807) is 19.1 Å². The van der Waals surface area contributed by atoms with E-state index in [0.29, 0.717) is 11.8 Å². The van der Waals surface area contributed by atoms with Gasteiger partial charge in [-0.15, -0.1) is 0 Å². The normalized spacial score (nSPS) is 15.8. The summed E-state index contributed by atoms with van der Waals surface area (Å²) in [5, 5.41) is 3.38. The number of carbonyl (C=O) groups excluding carboxylic acids is 3. The number of hydrogen-bond donors (Lipinski definition) is 3. The molecule has 26 heavy (non-hydrogen) atoms. The fraction of sp³-hybridized carbons (Fsp3) is 0.412. The van der Waals surface area contributed by atoms with Crippen molar-refractivity contribution in [3.63, 3.8) is 0 Å². The van der Waals surface area contributed by atoms with E-state index in [4.69, 9.17) is 26.8 Å². The summed E-state index contributed by atoms with van der Waals surface area (Å²) in [4.78, 5) is 35.9. The highest BCUT2D eigenvalue weighted by Crippen LogP contribution is 2.20. The maximum Gasteiger partial charge on any atom is 0.339 e. The van der Waals surface area contributed by atoms with Gasteiger partial charge in [0.15, 0.2) is 11.3 Å². The molecule has 6 N–H and O–H groups in total. The number of benzene rings is 1. The predicted molar refractivity (Wildman–Crippen MR) is 95.5 cm³/mol. The van der Waals surface area contributed by atoms with Crippen molar-refractivity contribution in [1.82, 2.24) is 0 Å². The number of nitrogens with two attached hydrogens (primary N) is 3. The zero-order valence-electron chi connectivity index (χ0n) is 14.8.